The minimum Gasteiger partial charge on any atom is -0.381 e. The molecule has 1 heterocycles. The van der Waals surface area contributed by atoms with Crippen LogP contribution in [0.5, 0.6) is 0 Å². The second-order valence-corrected chi connectivity index (χ2v) is 7.82. The highest BCUT2D eigenvalue weighted by Gasteiger charge is 2.23. The van der Waals surface area contributed by atoms with Gasteiger partial charge in [-0.05, 0) is 24.1 Å². The van der Waals surface area contributed by atoms with Gasteiger partial charge in [0.05, 0.1) is 6.61 Å². The lowest BCUT2D eigenvalue weighted by Gasteiger charge is -2.30. The summed E-state index contributed by atoms with van der Waals surface area (Å²) in [4.78, 5) is 6.63. The van der Waals surface area contributed by atoms with Gasteiger partial charge in [-0.3, -0.25) is 4.99 Å². The number of halogens is 2. The highest BCUT2D eigenvalue weighted by molar-refractivity contribution is 14.0. The molecule has 0 aliphatic carbocycles. The van der Waals surface area contributed by atoms with Crippen LogP contribution in [0.3, 0.4) is 0 Å². The molecular weight excluding hydrogens is 481 g/mol. The van der Waals surface area contributed by atoms with Crippen molar-refractivity contribution in [1.82, 2.24) is 10.2 Å². The van der Waals surface area contributed by atoms with Crippen molar-refractivity contribution in [2.24, 2.45) is 10.9 Å². The van der Waals surface area contributed by atoms with Crippen LogP contribution < -0.4 is 5.32 Å². The molecular formula is C18H29BrIN3O. The predicted molar refractivity (Wildman–Crippen MR) is 116 cm³/mol. The Hall–Kier alpha value is -0.340. The normalized spacial score (nSPS) is 18.2. The molecule has 6 heteroatoms. The molecule has 0 amide bonds. The number of nitrogens with zero attached hydrogens (tertiary/aromatic N) is 2. The zero-order valence-corrected chi connectivity index (χ0v) is 18.9. The third kappa shape index (κ3) is 6.19. The fraction of sp³-hybridized carbons (Fsp3) is 0.611. The van der Waals surface area contributed by atoms with Crippen LogP contribution >= 0.6 is 39.9 Å². The van der Waals surface area contributed by atoms with E-state index < -0.39 is 0 Å². The maximum atomic E-state index is 5.46. The van der Waals surface area contributed by atoms with Crippen molar-refractivity contribution in [3.63, 3.8) is 0 Å². The van der Waals surface area contributed by atoms with E-state index >= 15 is 0 Å². The van der Waals surface area contributed by atoms with Gasteiger partial charge in [-0.1, -0.05) is 41.9 Å². The number of guanidine groups is 1. The van der Waals surface area contributed by atoms with E-state index in [0.29, 0.717) is 5.92 Å². The van der Waals surface area contributed by atoms with E-state index in [1.165, 1.54) is 5.56 Å². The van der Waals surface area contributed by atoms with Crippen LogP contribution in [0.15, 0.2) is 33.7 Å². The van der Waals surface area contributed by atoms with Crippen LogP contribution in [-0.4, -0.2) is 51.3 Å². The monoisotopic (exact) mass is 509 g/mol. The van der Waals surface area contributed by atoms with Gasteiger partial charge in [0.1, 0.15) is 0 Å². The van der Waals surface area contributed by atoms with Crippen LogP contribution in [-0.2, 0) is 10.2 Å². The van der Waals surface area contributed by atoms with E-state index in [2.05, 4.69) is 76.3 Å². The van der Waals surface area contributed by atoms with Crippen molar-refractivity contribution >= 4 is 45.9 Å². The molecule has 4 nitrogen and oxygen atoms in total. The molecule has 1 aromatic rings. The zero-order valence-electron chi connectivity index (χ0n) is 15.0. The Morgan fingerprint density at radius 2 is 2.04 bits per heavy atom. The van der Waals surface area contributed by atoms with Crippen molar-refractivity contribution in [2.45, 2.75) is 25.7 Å². The van der Waals surface area contributed by atoms with E-state index in [1.807, 2.05) is 7.05 Å². The van der Waals surface area contributed by atoms with Crippen molar-refractivity contribution < 1.29 is 4.74 Å². The van der Waals surface area contributed by atoms with Gasteiger partial charge in [0, 0.05) is 49.6 Å². The van der Waals surface area contributed by atoms with E-state index in [-0.39, 0.29) is 29.4 Å². The summed E-state index contributed by atoms with van der Waals surface area (Å²) in [5, 5.41) is 3.52. The van der Waals surface area contributed by atoms with Gasteiger partial charge >= 0.3 is 0 Å². The van der Waals surface area contributed by atoms with Crippen LogP contribution in [0.2, 0.25) is 0 Å². The average Bonchev–Trinajstić information content (AvgIpc) is 3.01. The average molecular weight is 510 g/mol. The first kappa shape index (κ1) is 21.7. The Bertz CT molecular complexity index is 528. The number of nitrogens with one attached hydrogen (secondary N) is 1. The van der Waals surface area contributed by atoms with E-state index in [9.17, 15) is 0 Å². The van der Waals surface area contributed by atoms with Crippen molar-refractivity contribution in [1.29, 1.82) is 0 Å². The molecule has 1 saturated heterocycles. The molecule has 1 aromatic carbocycles. The Balaban J connectivity index is 0.00000288. The third-order valence-corrected chi connectivity index (χ3v) is 4.97. The highest BCUT2D eigenvalue weighted by Crippen LogP contribution is 2.24. The zero-order chi connectivity index (χ0) is 16.9. The molecule has 1 N–H and O–H groups in total. The summed E-state index contributed by atoms with van der Waals surface area (Å²) in [6.45, 7) is 8.08. The lowest BCUT2D eigenvalue weighted by Crippen LogP contribution is -2.45. The highest BCUT2D eigenvalue weighted by atomic mass is 127. The standard InChI is InChI=1S/C18H28BrN3O.HI/c1-18(2,15-5-7-16(19)8-6-15)13-21-17(20-3)22(4)11-14-9-10-23-12-14;/h5-8,14H,9-13H2,1-4H3,(H,20,21);1H. The summed E-state index contributed by atoms with van der Waals surface area (Å²) in [6, 6.07) is 8.54. The van der Waals surface area contributed by atoms with Gasteiger partial charge < -0.3 is 15.0 Å². The molecule has 1 fully saturated rings. The Labute approximate surface area is 171 Å². The molecule has 24 heavy (non-hydrogen) atoms. The van der Waals surface area contributed by atoms with E-state index in [0.717, 1.165) is 43.2 Å². The van der Waals surface area contributed by atoms with Gasteiger partial charge in [0.15, 0.2) is 5.96 Å². The molecule has 1 atom stereocenters. The van der Waals surface area contributed by atoms with Gasteiger partial charge in [-0.25, -0.2) is 0 Å². The summed E-state index contributed by atoms with van der Waals surface area (Å²) >= 11 is 3.49. The van der Waals surface area contributed by atoms with Crippen LogP contribution in [0.1, 0.15) is 25.8 Å². The SMILES string of the molecule is CN=C(NCC(C)(C)c1ccc(Br)cc1)N(C)CC1CCOC1.I. The molecule has 0 radical (unpaired) electrons. The largest absolute Gasteiger partial charge is 0.381 e. The van der Waals surface area contributed by atoms with E-state index in [1.54, 1.807) is 0 Å². The lowest BCUT2D eigenvalue weighted by molar-refractivity contribution is 0.181. The van der Waals surface area contributed by atoms with Crippen LogP contribution in [0, 0.1) is 5.92 Å². The molecule has 1 unspecified atom stereocenters. The first-order valence-electron chi connectivity index (χ1n) is 8.18. The maximum Gasteiger partial charge on any atom is 0.193 e. The molecule has 1 aliphatic heterocycles. The van der Waals surface area contributed by atoms with Crippen molar-refractivity contribution in [2.75, 3.05) is 40.4 Å². The third-order valence-electron chi connectivity index (χ3n) is 4.44. The molecule has 1 aliphatic rings. The number of hydrogen-bond donors (Lipinski definition) is 1. The predicted octanol–water partition coefficient (Wildman–Crippen LogP) is 3.89. The van der Waals surface area contributed by atoms with Crippen molar-refractivity contribution in [3.8, 4) is 0 Å². The maximum absolute atomic E-state index is 5.46. The summed E-state index contributed by atoms with van der Waals surface area (Å²) in [5.74, 6) is 1.56. The molecule has 0 saturated carbocycles. The number of benzene rings is 1. The molecule has 2 rings (SSSR count). The van der Waals surface area contributed by atoms with Gasteiger partial charge in [0.25, 0.3) is 0 Å². The Morgan fingerprint density at radius 3 is 2.58 bits per heavy atom. The summed E-state index contributed by atoms with van der Waals surface area (Å²) in [6.07, 6.45) is 1.14. The summed E-state index contributed by atoms with van der Waals surface area (Å²) in [7, 11) is 3.94. The minimum absolute atomic E-state index is 0. The Kier molecular flexibility index (Phi) is 9.01. The fourth-order valence-electron chi connectivity index (χ4n) is 2.89. The van der Waals surface area contributed by atoms with Gasteiger partial charge in [-0.15, -0.1) is 24.0 Å². The van der Waals surface area contributed by atoms with Crippen LogP contribution in [0.4, 0.5) is 0 Å². The number of hydrogen-bond acceptors (Lipinski definition) is 2. The topological polar surface area (TPSA) is 36.9 Å². The smallest absolute Gasteiger partial charge is 0.193 e. The second-order valence-electron chi connectivity index (χ2n) is 6.90. The number of aliphatic imine (C=N–C) groups is 1. The first-order valence-corrected chi connectivity index (χ1v) is 8.97. The van der Waals surface area contributed by atoms with E-state index in [4.69, 9.17) is 4.74 Å². The lowest BCUT2D eigenvalue weighted by atomic mass is 9.85. The molecule has 0 aromatic heterocycles. The molecule has 0 bridgehead atoms. The molecule has 0 spiro atoms. The minimum atomic E-state index is 0. The molecule has 136 valence electrons. The quantitative estimate of drug-likeness (QED) is 0.371. The number of rotatable bonds is 5. The van der Waals surface area contributed by atoms with Gasteiger partial charge in [-0.2, -0.15) is 0 Å². The Morgan fingerprint density at radius 1 is 1.38 bits per heavy atom. The fourth-order valence-corrected chi connectivity index (χ4v) is 3.15. The summed E-state index contributed by atoms with van der Waals surface area (Å²) in [5.41, 5.74) is 1.35. The number of ether oxygens (including phenoxy) is 1. The first-order chi connectivity index (χ1) is 10.9. The summed E-state index contributed by atoms with van der Waals surface area (Å²) < 4.78 is 6.57. The van der Waals surface area contributed by atoms with Crippen molar-refractivity contribution in [3.05, 3.63) is 34.3 Å². The van der Waals surface area contributed by atoms with Gasteiger partial charge in [0.2, 0.25) is 0 Å². The second kappa shape index (κ2) is 9.97. The van der Waals surface area contributed by atoms with Crippen LogP contribution in [0.25, 0.3) is 0 Å².